The number of fused-ring (bicyclic) bond motifs is 1. The number of hydrogen-bond acceptors (Lipinski definition) is 5. The molecule has 0 fully saturated rings. The summed E-state index contributed by atoms with van der Waals surface area (Å²) < 4.78 is 0. The normalized spacial score (nSPS) is 11.0. The first-order valence-corrected chi connectivity index (χ1v) is 7.88. The number of nitro benzene ring substituents is 1. The number of carbonyl (C=O) groups is 1. The van der Waals surface area contributed by atoms with Crippen LogP contribution in [0.25, 0.3) is 16.8 Å². The van der Waals surface area contributed by atoms with Crippen LogP contribution in [0.3, 0.4) is 0 Å². The Kier molecular flexibility index (Phi) is 4.82. The maximum absolute atomic E-state index is 12.4. The zero-order valence-corrected chi connectivity index (χ0v) is 13.9. The summed E-state index contributed by atoms with van der Waals surface area (Å²) in [6, 6.07) is 17.7. The van der Waals surface area contributed by atoms with Crippen LogP contribution in [-0.4, -0.2) is 15.9 Å². The number of benzene rings is 3. The van der Waals surface area contributed by atoms with Gasteiger partial charge in [-0.15, -0.1) is 0 Å². The van der Waals surface area contributed by atoms with E-state index in [9.17, 15) is 25.3 Å². The van der Waals surface area contributed by atoms with E-state index in [2.05, 4.69) is 5.32 Å². The van der Waals surface area contributed by atoms with Gasteiger partial charge in [-0.2, -0.15) is 5.26 Å². The summed E-state index contributed by atoms with van der Waals surface area (Å²) in [5, 5.41) is 34.4. The highest BCUT2D eigenvalue weighted by Gasteiger charge is 2.14. The lowest BCUT2D eigenvalue weighted by Crippen LogP contribution is -2.13. The van der Waals surface area contributed by atoms with Gasteiger partial charge in [-0.05, 0) is 29.0 Å². The molecule has 132 valence electrons. The Hall–Kier alpha value is -4.18. The number of nitriles is 1. The van der Waals surface area contributed by atoms with Gasteiger partial charge in [0.2, 0.25) is 0 Å². The topological polar surface area (TPSA) is 116 Å². The molecule has 0 saturated carbocycles. The molecule has 0 saturated heterocycles. The van der Waals surface area contributed by atoms with E-state index in [1.54, 1.807) is 24.3 Å². The molecular weight excluding hydrogens is 346 g/mol. The van der Waals surface area contributed by atoms with Crippen LogP contribution >= 0.6 is 0 Å². The Morgan fingerprint density at radius 3 is 2.67 bits per heavy atom. The van der Waals surface area contributed by atoms with Gasteiger partial charge in [-0.1, -0.05) is 36.4 Å². The fraction of sp³-hybridized carbons (Fsp3) is 0. The molecule has 0 aliphatic carbocycles. The third-order valence-corrected chi connectivity index (χ3v) is 3.92. The highest BCUT2D eigenvalue weighted by molar-refractivity contribution is 6.11. The summed E-state index contributed by atoms with van der Waals surface area (Å²) >= 11 is 0. The van der Waals surface area contributed by atoms with Crippen molar-refractivity contribution in [2.24, 2.45) is 0 Å². The number of carbonyl (C=O) groups excluding carboxylic acids is 1. The number of rotatable bonds is 4. The molecule has 2 N–H and O–H groups in total. The highest BCUT2D eigenvalue weighted by atomic mass is 16.6. The van der Waals surface area contributed by atoms with Gasteiger partial charge < -0.3 is 10.4 Å². The second-order valence-corrected chi connectivity index (χ2v) is 5.65. The van der Waals surface area contributed by atoms with E-state index in [0.717, 1.165) is 5.39 Å². The number of non-ortho nitro benzene ring substituents is 1. The Bertz CT molecular complexity index is 1130. The van der Waals surface area contributed by atoms with Crippen molar-refractivity contribution in [2.45, 2.75) is 0 Å². The van der Waals surface area contributed by atoms with Crippen molar-refractivity contribution in [3.8, 4) is 11.8 Å². The van der Waals surface area contributed by atoms with Crippen LogP contribution in [0.1, 0.15) is 5.56 Å². The van der Waals surface area contributed by atoms with Crippen LogP contribution < -0.4 is 5.32 Å². The smallest absolute Gasteiger partial charge is 0.271 e. The maximum atomic E-state index is 12.4. The molecule has 0 radical (unpaired) electrons. The van der Waals surface area contributed by atoms with E-state index in [-0.39, 0.29) is 22.7 Å². The molecule has 0 unspecified atom stereocenters. The molecule has 0 heterocycles. The van der Waals surface area contributed by atoms with Crippen molar-refractivity contribution in [3.63, 3.8) is 0 Å². The minimum atomic E-state index is -0.731. The molecule has 0 bridgehead atoms. The largest absolute Gasteiger partial charge is 0.507 e. The van der Waals surface area contributed by atoms with Crippen LogP contribution in [0.2, 0.25) is 0 Å². The molecule has 0 spiro atoms. The second-order valence-electron chi connectivity index (χ2n) is 5.65. The molecule has 0 atom stereocenters. The van der Waals surface area contributed by atoms with Crippen LogP contribution in [0.15, 0.2) is 66.2 Å². The summed E-state index contributed by atoms with van der Waals surface area (Å²) in [5.41, 5.74) is 0.117. The number of nitro groups is 1. The lowest BCUT2D eigenvalue weighted by molar-refractivity contribution is -0.384. The maximum Gasteiger partial charge on any atom is 0.271 e. The summed E-state index contributed by atoms with van der Waals surface area (Å²) in [5.74, 6) is -0.796. The van der Waals surface area contributed by atoms with Crippen LogP contribution in [0, 0.1) is 21.4 Å². The van der Waals surface area contributed by atoms with Crippen LogP contribution in [0.4, 0.5) is 11.4 Å². The molecular formula is C20H13N3O4. The minimum absolute atomic E-state index is 0.0652. The van der Waals surface area contributed by atoms with E-state index in [1.165, 1.54) is 36.4 Å². The predicted octanol–water partition coefficient (Wildman–Crippen LogP) is 4.00. The number of nitrogens with one attached hydrogen (secondary N) is 1. The van der Waals surface area contributed by atoms with Crippen molar-refractivity contribution in [1.29, 1.82) is 5.26 Å². The monoisotopic (exact) mass is 359 g/mol. The molecule has 3 aromatic carbocycles. The average molecular weight is 359 g/mol. The van der Waals surface area contributed by atoms with Gasteiger partial charge in [0, 0.05) is 23.4 Å². The number of anilines is 1. The number of phenolic OH excluding ortho intramolecular Hbond substituents is 1. The number of hydrogen-bond donors (Lipinski definition) is 2. The summed E-state index contributed by atoms with van der Waals surface area (Å²) in [6.45, 7) is 0. The van der Waals surface area contributed by atoms with Gasteiger partial charge in [-0.3, -0.25) is 14.9 Å². The molecule has 0 aromatic heterocycles. The van der Waals surface area contributed by atoms with E-state index in [1.807, 2.05) is 12.1 Å². The number of phenols is 1. The van der Waals surface area contributed by atoms with Gasteiger partial charge in [0.1, 0.15) is 17.4 Å². The van der Waals surface area contributed by atoms with Gasteiger partial charge >= 0.3 is 0 Å². The van der Waals surface area contributed by atoms with Crippen molar-refractivity contribution in [1.82, 2.24) is 0 Å². The SMILES string of the molecule is N#C/C(=C/c1c(O)ccc2ccccc12)C(=O)Nc1cccc([N+](=O)[O-])c1. The fourth-order valence-electron chi connectivity index (χ4n) is 2.62. The van der Waals surface area contributed by atoms with Crippen LogP contribution in [-0.2, 0) is 4.79 Å². The Morgan fingerprint density at radius 2 is 1.93 bits per heavy atom. The quantitative estimate of drug-likeness (QED) is 0.316. The predicted molar refractivity (Wildman–Crippen MR) is 101 cm³/mol. The molecule has 0 aliphatic rings. The van der Waals surface area contributed by atoms with E-state index < -0.39 is 10.8 Å². The van der Waals surface area contributed by atoms with Gasteiger partial charge in [0.05, 0.1) is 4.92 Å². The van der Waals surface area contributed by atoms with Crippen molar-refractivity contribution < 1.29 is 14.8 Å². The van der Waals surface area contributed by atoms with E-state index in [4.69, 9.17) is 0 Å². The molecule has 27 heavy (non-hydrogen) atoms. The average Bonchev–Trinajstić information content (AvgIpc) is 2.67. The minimum Gasteiger partial charge on any atom is -0.507 e. The fourth-order valence-corrected chi connectivity index (χ4v) is 2.62. The Morgan fingerprint density at radius 1 is 1.15 bits per heavy atom. The molecule has 7 heteroatoms. The zero-order valence-electron chi connectivity index (χ0n) is 13.9. The first-order chi connectivity index (χ1) is 13.0. The molecule has 7 nitrogen and oxygen atoms in total. The van der Waals surface area contributed by atoms with Crippen molar-refractivity contribution in [2.75, 3.05) is 5.32 Å². The number of nitrogens with zero attached hydrogens (tertiary/aromatic N) is 2. The van der Waals surface area contributed by atoms with E-state index in [0.29, 0.717) is 10.9 Å². The molecule has 3 aromatic rings. The third kappa shape index (κ3) is 3.75. The Labute approximate surface area is 153 Å². The standard InChI is InChI=1S/C20H13N3O4/c21-12-14(20(25)22-15-5-3-6-16(11-15)23(26)27)10-18-17-7-2-1-4-13(17)8-9-19(18)24/h1-11,24H,(H,22,25)/b14-10-. The Balaban J connectivity index is 1.97. The van der Waals surface area contributed by atoms with Gasteiger partial charge in [0.15, 0.2) is 0 Å². The summed E-state index contributed by atoms with van der Waals surface area (Å²) in [4.78, 5) is 22.7. The lowest BCUT2D eigenvalue weighted by Gasteiger charge is -2.07. The highest BCUT2D eigenvalue weighted by Crippen LogP contribution is 2.29. The van der Waals surface area contributed by atoms with Crippen molar-refractivity contribution >= 4 is 34.1 Å². The summed E-state index contributed by atoms with van der Waals surface area (Å²) in [6.07, 6.45) is 1.30. The molecule has 0 aliphatic heterocycles. The first kappa shape index (κ1) is 17.6. The van der Waals surface area contributed by atoms with E-state index >= 15 is 0 Å². The number of amides is 1. The van der Waals surface area contributed by atoms with Gasteiger partial charge in [0.25, 0.3) is 11.6 Å². The van der Waals surface area contributed by atoms with Crippen LogP contribution in [0.5, 0.6) is 5.75 Å². The second kappa shape index (κ2) is 7.37. The summed E-state index contributed by atoms with van der Waals surface area (Å²) in [7, 11) is 0. The third-order valence-electron chi connectivity index (χ3n) is 3.92. The van der Waals surface area contributed by atoms with Crippen molar-refractivity contribution in [3.05, 3.63) is 81.9 Å². The lowest BCUT2D eigenvalue weighted by atomic mass is 10.0. The zero-order chi connectivity index (χ0) is 19.4. The van der Waals surface area contributed by atoms with Gasteiger partial charge in [-0.25, -0.2) is 0 Å². The number of aromatic hydroxyl groups is 1. The first-order valence-electron chi connectivity index (χ1n) is 7.88. The molecule has 3 rings (SSSR count). The molecule has 1 amide bonds.